The van der Waals surface area contributed by atoms with Crippen LogP contribution in [0.3, 0.4) is 0 Å². The Morgan fingerprint density at radius 2 is 1.23 bits per heavy atom. The molecule has 0 rings (SSSR count). The van der Waals surface area contributed by atoms with Crippen LogP contribution in [0.2, 0.25) is 0 Å². The third-order valence-electron chi connectivity index (χ3n) is 5.52. The predicted octanol–water partition coefficient (Wildman–Crippen LogP) is 2.64. The van der Waals surface area contributed by atoms with Crippen molar-refractivity contribution >= 4 is 12.1 Å². The van der Waals surface area contributed by atoms with Crippen molar-refractivity contribution in [2.45, 2.75) is 117 Å². The third kappa shape index (κ3) is 19.5. The van der Waals surface area contributed by atoms with E-state index in [-0.39, 0.29) is 6.29 Å². The quantitative estimate of drug-likeness (QED) is 0.216. The highest BCUT2D eigenvalue weighted by Gasteiger charge is 2.29. The summed E-state index contributed by atoms with van der Waals surface area (Å²) < 4.78 is 0. The third-order valence-corrected chi connectivity index (χ3v) is 5.52. The molecule has 0 unspecified atom stereocenters. The summed E-state index contributed by atoms with van der Waals surface area (Å²) in [4.78, 5) is 20.8. The van der Waals surface area contributed by atoms with Crippen molar-refractivity contribution in [2.75, 3.05) is 6.61 Å². The van der Waals surface area contributed by atoms with Gasteiger partial charge in [0, 0.05) is 6.42 Å². The minimum atomic E-state index is -1.79. The Bertz CT molecular complexity index is 442. The van der Waals surface area contributed by atoms with Crippen LogP contribution >= 0.6 is 0 Å². The zero-order valence-corrected chi connectivity index (χ0v) is 20.2. The van der Waals surface area contributed by atoms with Crippen molar-refractivity contribution in [1.82, 2.24) is 0 Å². The molecule has 0 bridgehead atoms. The standard InChI is InChI=1S/C18H36O.C6H12O6/c1-15(2)9-6-10-16(3)11-7-12-17(4)13-8-14-18(5)19;7-1-3(9)5(11)6(12)4(10)2-8/h15-17H,6-14H2,1-5H3;1,3-6,8-12H,2H2/t16-,17-;3-,4+,5+,6+/m10/s1. The molecule has 7 heteroatoms. The van der Waals surface area contributed by atoms with Gasteiger partial charge in [-0.15, -0.1) is 0 Å². The van der Waals surface area contributed by atoms with E-state index in [1.165, 1.54) is 44.9 Å². The van der Waals surface area contributed by atoms with Gasteiger partial charge >= 0.3 is 0 Å². The minimum Gasteiger partial charge on any atom is -0.394 e. The molecule has 0 aliphatic rings. The first-order chi connectivity index (χ1) is 14.5. The molecule has 0 aromatic carbocycles. The maximum Gasteiger partial charge on any atom is 0.151 e. The number of carbonyl (C=O) groups is 2. The Morgan fingerprint density at radius 1 is 0.774 bits per heavy atom. The van der Waals surface area contributed by atoms with Crippen LogP contribution in [0.1, 0.15) is 92.4 Å². The summed E-state index contributed by atoms with van der Waals surface area (Å²) in [6.07, 6.45) is 4.51. The fourth-order valence-electron chi connectivity index (χ4n) is 3.30. The van der Waals surface area contributed by atoms with Gasteiger partial charge in [-0.05, 0) is 31.1 Å². The number of aliphatic hydroxyl groups is 5. The van der Waals surface area contributed by atoms with Gasteiger partial charge in [-0.1, -0.05) is 72.6 Å². The molecule has 0 aromatic heterocycles. The fourth-order valence-corrected chi connectivity index (χ4v) is 3.30. The van der Waals surface area contributed by atoms with Crippen molar-refractivity contribution < 1.29 is 35.1 Å². The molecule has 31 heavy (non-hydrogen) atoms. The maximum absolute atomic E-state index is 10.9. The van der Waals surface area contributed by atoms with Crippen molar-refractivity contribution in [3.63, 3.8) is 0 Å². The number of ketones is 1. The van der Waals surface area contributed by atoms with E-state index in [1.807, 2.05) is 0 Å². The Hall–Kier alpha value is -0.860. The Balaban J connectivity index is 0. The van der Waals surface area contributed by atoms with Gasteiger partial charge in [-0.25, -0.2) is 0 Å². The highest BCUT2D eigenvalue weighted by Crippen LogP contribution is 2.21. The Morgan fingerprint density at radius 3 is 1.61 bits per heavy atom. The van der Waals surface area contributed by atoms with E-state index in [4.69, 9.17) is 25.5 Å². The van der Waals surface area contributed by atoms with Crippen LogP contribution in [-0.4, -0.2) is 68.6 Å². The number of rotatable bonds is 17. The number of aldehydes is 1. The van der Waals surface area contributed by atoms with Crippen LogP contribution in [0.5, 0.6) is 0 Å². The summed E-state index contributed by atoms with van der Waals surface area (Å²) in [6, 6.07) is 0. The van der Waals surface area contributed by atoms with E-state index in [9.17, 15) is 9.59 Å². The van der Waals surface area contributed by atoms with Gasteiger partial charge in [0.1, 0.15) is 30.2 Å². The molecule has 0 saturated heterocycles. The van der Waals surface area contributed by atoms with Crippen LogP contribution in [0.15, 0.2) is 0 Å². The number of Topliss-reactive ketones (excluding diaryl/α,β-unsaturated/α-hetero) is 1. The minimum absolute atomic E-state index is 0.0258. The van der Waals surface area contributed by atoms with Crippen LogP contribution in [-0.2, 0) is 9.59 Å². The second-order valence-corrected chi connectivity index (χ2v) is 9.42. The first-order valence-electron chi connectivity index (χ1n) is 11.7. The van der Waals surface area contributed by atoms with Gasteiger partial charge in [-0.3, -0.25) is 0 Å². The first-order valence-corrected chi connectivity index (χ1v) is 11.7. The predicted molar refractivity (Wildman–Crippen MR) is 123 cm³/mol. The van der Waals surface area contributed by atoms with Crippen LogP contribution in [0, 0.1) is 17.8 Å². The Labute approximate surface area is 188 Å². The van der Waals surface area contributed by atoms with Gasteiger partial charge in [0.2, 0.25) is 0 Å². The normalized spacial score (nSPS) is 17.1. The van der Waals surface area contributed by atoms with Crippen molar-refractivity contribution in [3.05, 3.63) is 0 Å². The lowest BCUT2D eigenvalue weighted by atomic mass is 9.92. The molecule has 7 nitrogen and oxygen atoms in total. The fraction of sp³-hybridized carbons (Fsp3) is 0.917. The molecule has 186 valence electrons. The van der Waals surface area contributed by atoms with Crippen molar-refractivity contribution in [3.8, 4) is 0 Å². The molecule has 0 saturated carbocycles. The van der Waals surface area contributed by atoms with Crippen LogP contribution in [0.25, 0.3) is 0 Å². The molecule has 6 atom stereocenters. The average Bonchev–Trinajstić information content (AvgIpc) is 2.71. The second-order valence-electron chi connectivity index (χ2n) is 9.42. The summed E-state index contributed by atoms with van der Waals surface area (Å²) in [6.45, 7) is 10.3. The SMILES string of the molecule is CC(=O)CCC[C@H](C)CCC[C@H](C)CCCC(C)C.O=C[C@H](O)[C@@H](O)[C@H](O)[C@H](O)CO. The van der Waals surface area contributed by atoms with E-state index in [0.717, 1.165) is 30.6 Å². The van der Waals surface area contributed by atoms with E-state index in [2.05, 4.69) is 27.7 Å². The molecule has 0 aliphatic heterocycles. The largest absolute Gasteiger partial charge is 0.394 e. The van der Waals surface area contributed by atoms with Crippen molar-refractivity contribution in [2.24, 2.45) is 17.8 Å². The molecule has 5 N–H and O–H groups in total. The van der Waals surface area contributed by atoms with Gasteiger partial charge in [0.25, 0.3) is 0 Å². The molecule has 0 fully saturated rings. The molecule has 0 heterocycles. The number of hydrogen-bond donors (Lipinski definition) is 5. The lowest BCUT2D eigenvalue weighted by Crippen LogP contribution is -2.46. The lowest BCUT2D eigenvalue weighted by molar-refractivity contribution is -0.136. The smallest absolute Gasteiger partial charge is 0.151 e. The molecule has 0 aliphatic carbocycles. The molecular weight excluding hydrogens is 400 g/mol. The second kappa shape index (κ2) is 19.8. The maximum atomic E-state index is 10.9. The van der Waals surface area contributed by atoms with Gasteiger partial charge in [0.05, 0.1) is 6.61 Å². The van der Waals surface area contributed by atoms with E-state index < -0.39 is 31.0 Å². The van der Waals surface area contributed by atoms with Crippen LogP contribution in [0.4, 0.5) is 0 Å². The summed E-state index contributed by atoms with van der Waals surface area (Å²) >= 11 is 0. The number of hydrogen-bond acceptors (Lipinski definition) is 7. The summed E-state index contributed by atoms with van der Waals surface area (Å²) in [5, 5.41) is 43.5. The molecule has 0 amide bonds. The monoisotopic (exact) mass is 448 g/mol. The lowest BCUT2D eigenvalue weighted by Gasteiger charge is -2.22. The highest BCUT2D eigenvalue weighted by atomic mass is 16.4. The topological polar surface area (TPSA) is 135 Å². The zero-order chi connectivity index (χ0) is 24.4. The van der Waals surface area contributed by atoms with Gasteiger partial charge in [-0.2, -0.15) is 0 Å². The van der Waals surface area contributed by atoms with E-state index >= 15 is 0 Å². The van der Waals surface area contributed by atoms with Gasteiger partial charge < -0.3 is 35.1 Å². The van der Waals surface area contributed by atoms with E-state index in [1.54, 1.807) is 6.92 Å². The van der Waals surface area contributed by atoms with E-state index in [0.29, 0.717) is 5.78 Å². The summed E-state index contributed by atoms with van der Waals surface area (Å²) in [5.41, 5.74) is 0. The highest BCUT2D eigenvalue weighted by molar-refractivity contribution is 5.75. The molecule has 0 spiro atoms. The molecular formula is C24H48O7. The van der Waals surface area contributed by atoms with Crippen molar-refractivity contribution in [1.29, 1.82) is 0 Å². The molecule has 0 radical (unpaired) electrons. The Kier molecular flexibility index (Phi) is 20.6. The van der Waals surface area contributed by atoms with Gasteiger partial charge in [0.15, 0.2) is 6.29 Å². The number of carbonyl (C=O) groups excluding carboxylic acids is 2. The molecule has 0 aromatic rings. The first kappa shape index (κ1) is 32.3. The number of aliphatic hydroxyl groups excluding tert-OH is 5. The average molecular weight is 449 g/mol. The summed E-state index contributed by atoms with van der Waals surface area (Å²) in [5.74, 6) is 2.88. The zero-order valence-electron chi connectivity index (χ0n) is 20.2. The summed E-state index contributed by atoms with van der Waals surface area (Å²) in [7, 11) is 0. The van der Waals surface area contributed by atoms with Crippen LogP contribution < -0.4 is 0 Å².